The van der Waals surface area contributed by atoms with Gasteiger partial charge in [0.1, 0.15) is 0 Å². The fourth-order valence-electron chi connectivity index (χ4n) is 2.60. The van der Waals surface area contributed by atoms with Crippen LogP contribution in [0.25, 0.3) is 0 Å². The second-order valence-electron chi connectivity index (χ2n) is 6.02. The first kappa shape index (κ1) is 18.3. The molecule has 2 aromatic carbocycles. The van der Waals surface area contributed by atoms with Crippen molar-refractivity contribution in [3.8, 4) is 0 Å². The van der Waals surface area contributed by atoms with Crippen molar-refractivity contribution < 1.29 is 9.59 Å². The standard InChI is InChI=1S/C21H20N4O2/c1-3-15-7-4-5-10-19(15)25-21-22-12-17(13-23-21)20(27)24-18-9-6-8-16(11-18)14(2)26/h4-13H,3H2,1-2H3,(H,24,27)(H,22,23,25). The van der Waals surface area contributed by atoms with Crippen molar-refractivity contribution in [1.82, 2.24) is 9.97 Å². The summed E-state index contributed by atoms with van der Waals surface area (Å²) < 4.78 is 0. The topological polar surface area (TPSA) is 84.0 Å². The predicted molar refractivity (Wildman–Crippen MR) is 106 cm³/mol. The van der Waals surface area contributed by atoms with Gasteiger partial charge >= 0.3 is 0 Å². The first-order chi connectivity index (χ1) is 13.1. The lowest BCUT2D eigenvalue weighted by Crippen LogP contribution is -2.13. The van der Waals surface area contributed by atoms with E-state index in [4.69, 9.17) is 0 Å². The van der Waals surface area contributed by atoms with Crippen LogP contribution in [-0.4, -0.2) is 21.7 Å². The van der Waals surface area contributed by atoms with Crippen LogP contribution in [0.3, 0.4) is 0 Å². The van der Waals surface area contributed by atoms with Crippen molar-refractivity contribution in [3.05, 3.63) is 77.6 Å². The number of nitrogens with zero attached hydrogens (tertiary/aromatic N) is 2. The molecule has 0 radical (unpaired) electrons. The van der Waals surface area contributed by atoms with Crippen molar-refractivity contribution in [3.63, 3.8) is 0 Å². The zero-order valence-electron chi connectivity index (χ0n) is 15.2. The van der Waals surface area contributed by atoms with Gasteiger partial charge in [0.25, 0.3) is 5.91 Å². The molecule has 6 nitrogen and oxygen atoms in total. The van der Waals surface area contributed by atoms with Crippen LogP contribution in [0.1, 0.15) is 40.1 Å². The van der Waals surface area contributed by atoms with Gasteiger partial charge in [-0.15, -0.1) is 0 Å². The van der Waals surface area contributed by atoms with Gasteiger partial charge in [-0.25, -0.2) is 9.97 Å². The highest BCUT2D eigenvalue weighted by Gasteiger charge is 2.10. The number of hydrogen-bond donors (Lipinski definition) is 2. The van der Waals surface area contributed by atoms with E-state index in [0.29, 0.717) is 22.8 Å². The van der Waals surface area contributed by atoms with Crippen LogP contribution in [0.4, 0.5) is 17.3 Å². The third-order valence-electron chi connectivity index (χ3n) is 4.09. The van der Waals surface area contributed by atoms with E-state index in [1.54, 1.807) is 24.3 Å². The zero-order valence-corrected chi connectivity index (χ0v) is 15.2. The van der Waals surface area contributed by atoms with E-state index < -0.39 is 0 Å². The number of amides is 1. The van der Waals surface area contributed by atoms with Gasteiger partial charge in [0.05, 0.1) is 5.56 Å². The Balaban J connectivity index is 1.70. The number of Topliss-reactive ketones (excluding diaryl/α,β-unsaturated/α-hetero) is 1. The van der Waals surface area contributed by atoms with Crippen molar-refractivity contribution >= 4 is 29.0 Å². The summed E-state index contributed by atoms with van der Waals surface area (Å²) in [5.74, 6) is 0.0273. The maximum atomic E-state index is 12.4. The van der Waals surface area contributed by atoms with E-state index in [1.165, 1.54) is 19.3 Å². The Morgan fingerprint density at radius 1 is 0.963 bits per heavy atom. The maximum Gasteiger partial charge on any atom is 0.258 e. The molecule has 136 valence electrons. The molecular formula is C21H20N4O2. The fraction of sp³-hybridized carbons (Fsp3) is 0.143. The van der Waals surface area contributed by atoms with Gasteiger partial charge < -0.3 is 10.6 Å². The Kier molecular flexibility index (Phi) is 5.56. The summed E-state index contributed by atoms with van der Waals surface area (Å²) in [5.41, 5.74) is 3.52. The van der Waals surface area contributed by atoms with Crippen LogP contribution in [-0.2, 0) is 6.42 Å². The molecule has 0 bridgehead atoms. The molecule has 2 N–H and O–H groups in total. The molecule has 0 fully saturated rings. The quantitative estimate of drug-likeness (QED) is 0.643. The minimum Gasteiger partial charge on any atom is -0.324 e. The minimum atomic E-state index is -0.337. The zero-order chi connectivity index (χ0) is 19.2. The first-order valence-electron chi connectivity index (χ1n) is 8.66. The van der Waals surface area contributed by atoms with E-state index >= 15 is 0 Å². The number of hydrogen-bond acceptors (Lipinski definition) is 5. The van der Waals surface area contributed by atoms with Crippen molar-refractivity contribution in [2.45, 2.75) is 20.3 Å². The lowest BCUT2D eigenvalue weighted by molar-refractivity contribution is 0.101. The molecule has 0 atom stereocenters. The number of aromatic nitrogens is 2. The number of aryl methyl sites for hydroxylation is 1. The summed E-state index contributed by atoms with van der Waals surface area (Å²) in [4.78, 5) is 32.3. The van der Waals surface area contributed by atoms with Crippen molar-refractivity contribution in [2.24, 2.45) is 0 Å². The van der Waals surface area contributed by atoms with E-state index in [9.17, 15) is 9.59 Å². The van der Waals surface area contributed by atoms with Crippen molar-refractivity contribution in [2.75, 3.05) is 10.6 Å². The fourth-order valence-corrected chi connectivity index (χ4v) is 2.60. The van der Waals surface area contributed by atoms with Gasteiger partial charge in [0, 0.05) is 29.3 Å². The lowest BCUT2D eigenvalue weighted by atomic mass is 10.1. The van der Waals surface area contributed by atoms with Crippen LogP contribution in [0.2, 0.25) is 0 Å². The summed E-state index contributed by atoms with van der Waals surface area (Å²) in [7, 11) is 0. The van der Waals surface area contributed by atoms with Crippen LogP contribution < -0.4 is 10.6 Å². The van der Waals surface area contributed by atoms with Gasteiger partial charge in [-0.3, -0.25) is 9.59 Å². The Morgan fingerprint density at radius 3 is 2.41 bits per heavy atom. The Hall–Kier alpha value is -3.54. The molecule has 6 heteroatoms. The van der Waals surface area contributed by atoms with Gasteiger partial charge in [-0.05, 0) is 37.1 Å². The Morgan fingerprint density at radius 2 is 1.70 bits per heavy atom. The molecule has 0 unspecified atom stereocenters. The molecule has 0 aliphatic carbocycles. The minimum absolute atomic E-state index is 0.0581. The molecule has 1 aromatic heterocycles. The lowest BCUT2D eigenvalue weighted by Gasteiger charge is -2.10. The molecule has 0 saturated carbocycles. The summed E-state index contributed by atoms with van der Waals surface area (Å²) in [5, 5.41) is 5.92. The molecule has 1 heterocycles. The number of anilines is 3. The molecule has 0 saturated heterocycles. The van der Waals surface area contributed by atoms with E-state index in [2.05, 4.69) is 27.5 Å². The van der Waals surface area contributed by atoms with Crippen molar-refractivity contribution in [1.29, 1.82) is 0 Å². The number of para-hydroxylation sites is 1. The highest BCUT2D eigenvalue weighted by Crippen LogP contribution is 2.19. The summed E-state index contributed by atoms with van der Waals surface area (Å²) >= 11 is 0. The van der Waals surface area contributed by atoms with Gasteiger partial charge in [0.15, 0.2) is 5.78 Å². The molecule has 0 aliphatic rings. The summed E-state index contributed by atoms with van der Waals surface area (Å²) in [6, 6.07) is 14.7. The molecular weight excluding hydrogens is 340 g/mol. The summed E-state index contributed by atoms with van der Waals surface area (Å²) in [6.45, 7) is 3.56. The van der Waals surface area contributed by atoms with Gasteiger partial charge in [-0.1, -0.05) is 37.3 Å². The number of benzene rings is 2. The Bertz CT molecular complexity index is 968. The number of rotatable bonds is 6. The molecule has 27 heavy (non-hydrogen) atoms. The van der Waals surface area contributed by atoms with E-state index in [-0.39, 0.29) is 11.7 Å². The molecule has 1 amide bonds. The average Bonchev–Trinajstić information content (AvgIpc) is 2.69. The number of nitrogens with one attached hydrogen (secondary N) is 2. The van der Waals surface area contributed by atoms with E-state index in [1.807, 2.05) is 24.3 Å². The number of carbonyl (C=O) groups is 2. The monoisotopic (exact) mass is 360 g/mol. The highest BCUT2D eigenvalue weighted by molar-refractivity contribution is 6.04. The third-order valence-corrected chi connectivity index (χ3v) is 4.09. The molecule has 3 rings (SSSR count). The molecule has 3 aromatic rings. The second-order valence-corrected chi connectivity index (χ2v) is 6.02. The van der Waals surface area contributed by atoms with Crippen LogP contribution in [0.15, 0.2) is 60.9 Å². The predicted octanol–water partition coefficient (Wildman–Crippen LogP) is 4.24. The smallest absolute Gasteiger partial charge is 0.258 e. The normalized spacial score (nSPS) is 10.3. The average molecular weight is 360 g/mol. The number of carbonyl (C=O) groups excluding carboxylic acids is 2. The molecule has 0 aliphatic heterocycles. The van der Waals surface area contributed by atoms with Gasteiger partial charge in [0.2, 0.25) is 5.95 Å². The van der Waals surface area contributed by atoms with Crippen LogP contribution in [0.5, 0.6) is 0 Å². The molecule has 0 spiro atoms. The first-order valence-corrected chi connectivity index (χ1v) is 8.66. The van der Waals surface area contributed by atoms with E-state index in [0.717, 1.165) is 17.7 Å². The SMILES string of the molecule is CCc1ccccc1Nc1ncc(C(=O)Nc2cccc(C(C)=O)c2)cn1. The summed E-state index contributed by atoms with van der Waals surface area (Å²) in [6.07, 6.45) is 3.82. The van der Waals surface area contributed by atoms with Crippen LogP contribution >= 0.6 is 0 Å². The Labute approximate surface area is 157 Å². The highest BCUT2D eigenvalue weighted by atomic mass is 16.1. The largest absolute Gasteiger partial charge is 0.324 e. The van der Waals surface area contributed by atoms with Crippen LogP contribution in [0, 0.1) is 0 Å². The second kappa shape index (κ2) is 8.23. The maximum absolute atomic E-state index is 12.4. The number of ketones is 1. The third kappa shape index (κ3) is 4.55. The van der Waals surface area contributed by atoms with Gasteiger partial charge in [-0.2, -0.15) is 0 Å².